The molecule has 9 heteroatoms. The Labute approximate surface area is 165 Å². The number of urea groups is 1. The average Bonchev–Trinajstić information content (AvgIpc) is 3.30. The van der Waals surface area contributed by atoms with Crippen LogP contribution in [0.25, 0.3) is 10.9 Å². The highest BCUT2D eigenvalue weighted by Crippen LogP contribution is 2.34. The van der Waals surface area contributed by atoms with Gasteiger partial charge in [-0.1, -0.05) is 18.2 Å². The molecule has 9 nitrogen and oxygen atoms in total. The second-order valence-corrected chi connectivity index (χ2v) is 6.32. The molecule has 1 aromatic heterocycles. The fraction of sp³-hybridized carbons (Fsp3) is 0.150. The van der Waals surface area contributed by atoms with Crippen LogP contribution in [-0.4, -0.2) is 35.9 Å². The van der Waals surface area contributed by atoms with E-state index in [1.54, 1.807) is 35.0 Å². The van der Waals surface area contributed by atoms with Gasteiger partial charge in [0.15, 0.2) is 18.1 Å². The van der Waals surface area contributed by atoms with Gasteiger partial charge in [-0.2, -0.15) is 0 Å². The van der Waals surface area contributed by atoms with E-state index in [-0.39, 0.29) is 6.79 Å². The van der Waals surface area contributed by atoms with Crippen LogP contribution < -0.4 is 20.1 Å². The number of amides is 3. The Morgan fingerprint density at radius 2 is 1.90 bits per heavy atom. The lowest BCUT2D eigenvalue weighted by molar-refractivity contribution is -0.123. The molecule has 0 radical (unpaired) electrons. The lowest BCUT2D eigenvalue weighted by Crippen LogP contribution is -2.37. The Balaban J connectivity index is 1.31. The summed E-state index contributed by atoms with van der Waals surface area (Å²) in [5, 5.41) is 5.32. The Kier molecular flexibility index (Phi) is 4.78. The molecule has 3 aromatic rings. The number of carbonyl (C=O) groups is 3. The van der Waals surface area contributed by atoms with Gasteiger partial charge >= 0.3 is 12.0 Å². The molecule has 0 fully saturated rings. The summed E-state index contributed by atoms with van der Waals surface area (Å²) in [4.78, 5) is 36.2. The molecule has 29 heavy (non-hydrogen) atoms. The van der Waals surface area contributed by atoms with Crippen molar-refractivity contribution < 1.29 is 28.6 Å². The van der Waals surface area contributed by atoms with Crippen molar-refractivity contribution in [3.8, 4) is 11.5 Å². The maximum atomic E-state index is 12.3. The lowest BCUT2D eigenvalue weighted by Gasteiger charge is -2.08. The summed E-state index contributed by atoms with van der Waals surface area (Å²) < 4.78 is 17.2. The van der Waals surface area contributed by atoms with Gasteiger partial charge in [-0.3, -0.25) is 10.1 Å². The Hall–Kier alpha value is -4.01. The van der Waals surface area contributed by atoms with Crippen molar-refractivity contribution in [3.63, 3.8) is 0 Å². The van der Waals surface area contributed by atoms with Crippen molar-refractivity contribution in [1.82, 2.24) is 9.88 Å². The number of nitrogens with zero attached hydrogens (tertiary/aromatic N) is 1. The number of aryl methyl sites for hydroxylation is 1. The summed E-state index contributed by atoms with van der Waals surface area (Å²) >= 11 is 0. The van der Waals surface area contributed by atoms with E-state index in [1.807, 2.05) is 25.2 Å². The molecule has 0 bridgehead atoms. The second kappa shape index (κ2) is 7.55. The first-order valence-corrected chi connectivity index (χ1v) is 8.73. The maximum absolute atomic E-state index is 12.3. The van der Waals surface area contributed by atoms with Gasteiger partial charge in [0.05, 0.1) is 5.56 Å². The molecule has 3 amide bonds. The highest BCUT2D eigenvalue weighted by molar-refractivity contribution is 6.06. The maximum Gasteiger partial charge on any atom is 0.340 e. The van der Waals surface area contributed by atoms with Crippen molar-refractivity contribution in [2.45, 2.75) is 0 Å². The molecule has 0 unspecified atom stereocenters. The quantitative estimate of drug-likeness (QED) is 0.657. The molecule has 1 aliphatic rings. The minimum atomic E-state index is -0.755. The standard InChI is InChI=1S/C20H17N3O6/c1-23-9-14(13-4-2-3-5-15(13)23)19(25)27-10-18(24)22-20(26)21-12-6-7-16-17(8-12)29-11-28-16/h2-9H,10-11H2,1H3,(H2,21,22,24,26). The van der Waals surface area contributed by atoms with E-state index < -0.39 is 24.5 Å². The summed E-state index contributed by atoms with van der Waals surface area (Å²) in [5.74, 6) is -0.324. The highest BCUT2D eigenvalue weighted by atomic mass is 16.7. The van der Waals surface area contributed by atoms with E-state index >= 15 is 0 Å². The number of esters is 1. The van der Waals surface area contributed by atoms with Crippen LogP contribution in [0.15, 0.2) is 48.7 Å². The second-order valence-electron chi connectivity index (χ2n) is 6.32. The van der Waals surface area contributed by atoms with Gasteiger partial charge in [-0.25, -0.2) is 9.59 Å². The van der Waals surface area contributed by atoms with Gasteiger partial charge in [0.25, 0.3) is 5.91 Å². The summed E-state index contributed by atoms with van der Waals surface area (Å²) in [6.45, 7) is -0.470. The smallest absolute Gasteiger partial charge is 0.340 e. The van der Waals surface area contributed by atoms with E-state index in [9.17, 15) is 14.4 Å². The minimum Gasteiger partial charge on any atom is -0.454 e. The van der Waals surface area contributed by atoms with Gasteiger partial charge < -0.3 is 24.1 Å². The van der Waals surface area contributed by atoms with Crippen LogP contribution in [0, 0.1) is 0 Å². The number of imide groups is 1. The fourth-order valence-electron chi connectivity index (χ4n) is 3.01. The normalized spacial score (nSPS) is 11.9. The van der Waals surface area contributed by atoms with Crippen molar-refractivity contribution in [2.75, 3.05) is 18.7 Å². The van der Waals surface area contributed by atoms with E-state index in [4.69, 9.17) is 14.2 Å². The minimum absolute atomic E-state index is 0.117. The van der Waals surface area contributed by atoms with Gasteiger partial charge in [0.1, 0.15) is 0 Å². The molecule has 2 N–H and O–H groups in total. The first kappa shape index (κ1) is 18.4. The molecule has 0 atom stereocenters. The largest absolute Gasteiger partial charge is 0.454 e. The molecule has 2 heterocycles. The zero-order valence-corrected chi connectivity index (χ0v) is 15.4. The summed E-state index contributed by atoms with van der Waals surface area (Å²) in [5.41, 5.74) is 1.64. The zero-order valence-electron chi connectivity index (χ0n) is 15.4. The molecular weight excluding hydrogens is 378 g/mol. The molecule has 1 aliphatic heterocycles. The predicted octanol–water partition coefficient (Wildman–Crippen LogP) is 2.41. The number of hydrogen-bond acceptors (Lipinski definition) is 6. The third kappa shape index (κ3) is 3.84. The molecule has 0 saturated carbocycles. The van der Waals surface area contributed by atoms with Crippen LogP contribution >= 0.6 is 0 Å². The number of rotatable bonds is 4. The molecular formula is C20H17N3O6. The molecule has 4 rings (SSSR count). The van der Waals surface area contributed by atoms with Gasteiger partial charge in [-0.15, -0.1) is 0 Å². The summed E-state index contributed by atoms with van der Waals surface area (Å²) in [6, 6.07) is 11.4. The van der Waals surface area contributed by atoms with E-state index in [2.05, 4.69) is 10.6 Å². The van der Waals surface area contributed by atoms with E-state index in [0.717, 1.165) is 10.9 Å². The number of hydrogen-bond donors (Lipinski definition) is 2. The van der Waals surface area contributed by atoms with Crippen LogP contribution in [0.4, 0.5) is 10.5 Å². The van der Waals surface area contributed by atoms with Crippen LogP contribution in [0.3, 0.4) is 0 Å². The monoisotopic (exact) mass is 395 g/mol. The van der Waals surface area contributed by atoms with Crippen molar-refractivity contribution in [1.29, 1.82) is 0 Å². The number of benzene rings is 2. The molecule has 148 valence electrons. The average molecular weight is 395 g/mol. The summed E-state index contributed by atoms with van der Waals surface area (Å²) in [7, 11) is 1.81. The lowest BCUT2D eigenvalue weighted by atomic mass is 10.2. The number of anilines is 1. The number of ether oxygens (including phenoxy) is 3. The molecule has 0 saturated heterocycles. The van der Waals surface area contributed by atoms with Gasteiger partial charge in [0, 0.05) is 35.9 Å². The van der Waals surface area contributed by atoms with E-state index in [1.165, 1.54) is 0 Å². The van der Waals surface area contributed by atoms with Crippen LogP contribution in [0.2, 0.25) is 0 Å². The van der Waals surface area contributed by atoms with Gasteiger partial charge in [-0.05, 0) is 18.2 Å². The first-order chi connectivity index (χ1) is 14.0. The number of fused-ring (bicyclic) bond motifs is 2. The molecule has 0 spiro atoms. The van der Waals surface area contributed by atoms with Crippen LogP contribution in [0.1, 0.15) is 10.4 Å². The number of aromatic nitrogens is 1. The molecule has 2 aromatic carbocycles. The Bertz CT molecular complexity index is 1120. The van der Waals surface area contributed by atoms with Crippen molar-refractivity contribution in [3.05, 3.63) is 54.2 Å². The molecule has 0 aliphatic carbocycles. The number of nitrogens with one attached hydrogen (secondary N) is 2. The number of carbonyl (C=O) groups excluding carboxylic acids is 3. The predicted molar refractivity (Wildman–Crippen MR) is 103 cm³/mol. The SMILES string of the molecule is Cn1cc(C(=O)OCC(=O)NC(=O)Nc2ccc3c(c2)OCO3)c2ccccc21. The van der Waals surface area contributed by atoms with Crippen molar-refractivity contribution >= 4 is 34.5 Å². The van der Waals surface area contributed by atoms with Gasteiger partial charge in [0.2, 0.25) is 6.79 Å². The zero-order chi connectivity index (χ0) is 20.4. The number of para-hydroxylation sites is 1. The Morgan fingerprint density at radius 3 is 2.76 bits per heavy atom. The fourth-order valence-corrected chi connectivity index (χ4v) is 3.01. The van der Waals surface area contributed by atoms with E-state index in [0.29, 0.717) is 22.7 Å². The van der Waals surface area contributed by atoms with Crippen LogP contribution in [-0.2, 0) is 16.6 Å². The first-order valence-electron chi connectivity index (χ1n) is 8.73. The topological polar surface area (TPSA) is 108 Å². The van der Waals surface area contributed by atoms with Crippen LogP contribution in [0.5, 0.6) is 11.5 Å². The third-order valence-electron chi connectivity index (χ3n) is 4.33. The van der Waals surface area contributed by atoms with Crippen molar-refractivity contribution in [2.24, 2.45) is 7.05 Å². The highest BCUT2D eigenvalue weighted by Gasteiger charge is 2.18. The Morgan fingerprint density at radius 1 is 1.10 bits per heavy atom. The summed E-state index contributed by atoms with van der Waals surface area (Å²) in [6.07, 6.45) is 1.64. The third-order valence-corrected chi connectivity index (χ3v) is 4.33.